The number of Topliss-reactive ketones (excluding diaryl/α,β-unsaturated/α-hetero) is 1. The van der Waals surface area contributed by atoms with Gasteiger partial charge in [0.15, 0.2) is 16.8 Å². The second kappa shape index (κ2) is 10.1. The van der Waals surface area contributed by atoms with E-state index in [1.165, 1.54) is 11.8 Å². The molecule has 0 saturated heterocycles. The van der Waals surface area contributed by atoms with Crippen LogP contribution in [0.4, 0.5) is 5.69 Å². The largest absolute Gasteiger partial charge is 0.469 e. The summed E-state index contributed by atoms with van der Waals surface area (Å²) in [6, 6.07) is 18.6. The van der Waals surface area contributed by atoms with E-state index in [-0.39, 0.29) is 17.6 Å². The van der Waals surface area contributed by atoms with Gasteiger partial charge in [0.05, 0.1) is 17.1 Å². The van der Waals surface area contributed by atoms with Gasteiger partial charge in [0.25, 0.3) is 0 Å². The van der Waals surface area contributed by atoms with Crippen molar-refractivity contribution in [3.8, 4) is 17.1 Å². The lowest BCUT2D eigenvalue weighted by Gasteiger charge is -2.13. The van der Waals surface area contributed by atoms with Crippen LogP contribution < -0.4 is 5.32 Å². The van der Waals surface area contributed by atoms with Gasteiger partial charge < -0.3 is 9.73 Å². The molecule has 0 saturated carbocycles. The highest BCUT2D eigenvalue weighted by molar-refractivity contribution is 8.00. The van der Waals surface area contributed by atoms with Crippen molar-refractivity contribution >= 4 is 29.1 Å². The molecule has 2 heterocycles. The Kier molecular flexibility index (Phi) is 6.98. The Labute approximate surface area is 202 Å². The fourth-order valence-corrected chi connectivity index (χ4v) is 4.34. The van der Waals surface area contributed by atoms with Gasteiger partial charge in [-0.3, -0.25) is 14.2 Å². The summed E-state index contributed by atoms with van der Waals surface area (Å²) in [5, 5.41) is 11.9. The molecule has 0 fully saturated rings. The van der Waals surface area contributed by atoms with Crippen molar-refractivity contribution in [3.05, 3.63) is 78.3 Å². The molecule has 1 atom stereocenters. The summed E-state index contributed by atoms with van der Waals surface area (Å²) in [6.45, 7) is 7.40. The number of ketones is 1. The molecule has 8 heteroatoms. The van der Waals surface area contributed by atoms with Crippen LogP contribution in [0.3, 0.4) is 0 Å². The zero-order valence-corrected chi connectivity index (χ0v) is 20.3. The first-order valence-electron chi connectivity index (χ1n) is 11.0. The van der Waals surface area contributed by atoms with Gasteiger partial charge in [-0.25, -0.2) is 0 Å². The summed E-state index contributed by atoms with van der Waals surface area (Å²) >= 11 is 1.35. The van der Waals surface area contributed by atoms with Crippen molar-refractivity contribution in [2.45, 2.75) is 38.1 Å². The van der Waals surface area contributed by atoms with E-state index >= 15 is 0 Å². The minimum atomic E-state index is -0.402. The highest BCUT2D eigenvalue weighted by atomic mass is 32.2. The molecule has 2 aromatic heterocycles. The van der Waals surface area contributed by atoms with Crippen LogP contribution in [-0.4, -0.2) is 31.7 Å². The molecule has 174 valence electrons. The van der Waals surface area contributed by atoms with Gasteiger partial charge in [0, 0.05) is 22.9 Å². The van der Waals surface area contributed by atoms with Crippen molar-refractivity contribution in [2.24, 2.45) is 5.92 Å². The number of aryl methyl sites for hydroxylation is 1. The Morgan fingerprint density at radius 1 is 0.971 bits per heavy atom. The van der Waals surface area contributed by atoms with E-state index in [0.717, 1.165) is 17.0 Å². The summed E-state index contributed by atoms with van der Waals surface area (Å²) in [7, 11) is 0. The number of benzene rings is 2. The maximum absolute atomic E-state index is 13.1. The van der Waals surface area contributed by atoms with Gasteiger partial charge in [-0.1, -0.05) is 43.8 Å². The molecule has 0 bridgehead atoms. The highest BCUT2D eigenvalue weighted by Crippen LogP contribution is 2.32. The SMILES string of the molecule is Cc1occc1-c1nnc(SC(C)C(=O)c2ccc(NC(=O)C(C)C)cc2)n1-c1ccccc1. The Morgan fingerprint density at radius 2 is 1.68 bits per heavy atom. The number of thioether (sulfide) groups is 1. The summed E-state index contributed by atoms with van der Waals surface area (Å²) in [5.41, 5.74) is 2.98. The molecular weight excluding hydrogens is 448 g/mol. The molecule has 0 aliphatic rings. The van der Waals surface area contributed by atoms with Crippen LogP contribution in [0.15, 0.2) is 76.5 Å². The van der Waals surface area contributed by atoms with Gasteiger partial charge in [-0.05, 0) is 56.3 Å². The molecule has 0 aliphatic heterocycles. The Hall–Kier alpha value is -3.65. The molecule has 2 aromatic carbocycles. The number of nitrogens with zero attached hydrogens (tertiary/aromatic N) is 3. The number of carbonyl (C=O) groups is 2. The number of amides is 1. The molecule has 4 rings (SSSR count). The molecule has 0 aliphatic carbocycles. The standard InChI is InChI=1S/C26H26N4O3S/c1-16(2)25(32)27-20-12-10-19(11-13-20)23(31)18(4)34-26-29-28-24(22-14-15-33-17(22)3)30(26)21-8-6-5-7-9-21/h5-16,18H,1-4H3,(H,27,32). The van der Waals surface area contributed by atoms with Crippen molar-refractivity contribution < 1.29 is 14.0 Å². The van der Waals surface area contributed by atoms with Crippen LogP contribution in [0.2, 0.25) is 0 Å². The van der Waals surface area contributed by atoms with Crippen LogP contribution in [0.1, 0.15) is 36.9 Å². The summed E-state index contributed by atoms with van der Waals surface area (Å²) < 4.78 is 7.42. The number of carbonyl (C=O) groups excluding carboxylic acids is 2. The smallest absolute Gasteiger partial charge is 0.226 e. The number of hydrogen-bond donors (Lipinski definition) is 1. The summed E-state index contributed by atoms with van der Waals surface area (Å²) in [4.78, 5) is 25.0. The molecule has 0 spiro atoms. The third-order valence-electron chi connectivity index (χ3n) is 5.36. The van der Waals surface area contributed by atoms with E-state index in [9.17, 15) is 9.59 Å². The average Bonchev–Trinajstić information content (AvgIpc) is 3.45. The molecule has 1 N–H and O–H groups in total. The second-order valence-electron chi connectivity index (χ2n) is 8.21. The molecule has 1 unspecified atom stereocenters. The van der Waals surface area contributed by atoms with Gasteiger partial charge in [0.1, 0.15) is 5.76 Å². The van der Waals surface area contributed by atoms with Crippen LogP contribution >= 0.6 is 11.8 Å². The number of nitrogens with one attached hydrogen (secondary N) is 1. The number of hydrogen-bond acceptors (Lipinski definition) is 6. The number of rotatable bonds is 8. The quantitative estimate of drug-likeness (QED) is 0.257. The van der Waals surface area contributed by atoms with Crippen LogP contribution in [0.5, 0.6) is 0 Å². The fraction of sp³-hybridized carbons (Fsp3) is 0.231. The van der Waals surface area contributed by atoms with E-state index in [2.05, 4.69) is 15.5 Å². The average molecular weight is 475 g/mol. The normalized spacial score (nSPS) is 12.0. The zero-order valence-electron chi connectivity index (χ0n) is 19.5. The first kappa shape index (κ1) is 23.5. The zero-order chi connectivity index (χ0) is 24.2. The summed E-state index contributed by atoms with van der Waals surface area (Å²) in [6.07, 6.45) is 1.63. The highest BCUT2D eigenvalue weighted by Gasteiger charge is 2.24. The maximum atomic E-state index is 13.1. The van der Waals surface area contributed by atoms with Crippen molar-refractivity contribution in [3.63, 3.8) is 0 Å². The number of para-hydroxylation sites is 1. The van der Waals surface area contributed by atoms with Gasteiger partial charge in [-0.2, -0.15) is 0 Å². The molecule has 4 aromatic rings. The molecule has 0 radical (unpaired) electrons. The van der Waals surface area contributed by atoms with Crippen molar-refractivity contribution in [1.82, 2.24) is 14.8 Å². The first-order valence-corrected chi connectivity index (χ1v) is 11.9. The number of anilines is 1. The predicted molar refractivity (Wildman–Crippen MR) is 133 cm³/mol. The third-order valence-corrected chi connectivity index (χ3v) is 6.40. The van der Waals surface area contributed by atoms with Gasteiger partial charge >= 0.3 is 0 Å². The van der Waals surface area contributed by atoms with E-state index < -0.39 is 5.25 Å². The summed E-state index contributed by atoms with van der Waals surface area (Å²) in [5.74, 6) is 1.19. The van der Waals surface area contributed by atoms with E-state index in [1.807, 2.05) is 68.7 Å². The lowest BCUT2D eigenvalue weighted by molar-refractivity contribution is -0.118. The van der Waals surface area contributed by atoms with E-state index in [1.54, 1.807) is 30.5 Å². The number of furan rings is 1. The fourth-order valence-electron chi connectivity index (χ4n) is 3.40. The van der Waals surface area contributed by atoms with Gasteiger partial charge in [-0.15, -0.1) is 10.2 Å². The van der Waals surface area contributed by atoms with Crippen molar-refractivity contribution in [2.75, 3.05) is 5.32 Å². The molecular formula is C26H26N4O3S. The minimum absolute atomic E-state index is 0.0320. The van der Waals surface area contributed by atoms with Crippen LogP contribution in [0.25, 0.3) is 17.1 Å². The third kappa shape index (κ3) is 4.97. The van der Waals surface area contributed by atoms with E-state index in [4.69, 9.17) is 4.42 Å². The minimum Gasteiger partial charge on any atom is -0.469 e. The van der Waals surface area contributed by atoms with Gasteiger partial charge in [0.2, 0.25) is 5.91 Å². The molecule has 34 heavy (non-hydrogen) atoms. The lowest BCUT2D eigenvalue weighted by atomic mass is 10.1. The first-order chi connectivity index (χ1) is 16.3. The second-order valence-corrected chi connectivity index (χ2v) is 9.52. The van der Waals surface area contributed by atoms with Crippen molar-refractivity contribution in [1.29, 1.82) is 0 Å². The van der Waals surface area contributed by atoms with Crippen LogP contribution in [-0.2, 0) is 4.79 Å². The topological polar surface area (TPSA) is 90.0 Å². The Balaban J connectivity index is 1.58. The molecule has 7 nitrogen and oxygen atoms in total. The Bertz CT molecular complexity index is 1290. The monoisotopic (exact) mass is 474 g/mol. The number of aromatic nitrogens is 3. The predicted octanol–water partition coefficient (Wildman–Crippen LogP) is 5.79. The van der Waals surface area contributed by atoms with E-state index in [0.29, 0.717) is 22.2 Å². The lowest BCUT2D eigenvalue weighted by Crippen LogP contribution is -2.18. The molecule has 1 amide bonds. The Morgan fingerprint density at radius 3 is 2.29 bits per heavy atom. The maximum Gasteiger partial charge on any atom is 0.226 e. The van der Waals surface area contributed by atoms with Crippen LogP contribution in [0, 0.1) is 12.8 Å².